The number of carbonyl (C=O) groups excluding carboxylic acids is 1. The molecule has 0 bridgehead atoms. The fourth-order valence-corrected chi connectivity index (χ4v) is 4.11. The molecule has 3 rings (SSSR count). The third-order valence-electron chi connectivity index (χ3n) is 5.60. The highest BCUT2D eigenvalue weighted by Crippen LogP contribution is 2.49. The van der Waals surface area contributed by atoms with Crippen LogP contribution in [0.5, 0.6) is 5.75 Å². The molecule has 1 saturated heterocycles. The molecule has 1 aliphatic heterocycles. The molecular formula is C18H23ClF2N2O4. The number of nitrogens with zero attached hydrogens (tertiary/aromatic N) is 1. The highest BCUT2D eigenvalue weighted by molar-refractivity contribution is 5.94. The third kappa shape index (κ3) is 4.32. The smallest absolute Gasteiger partial charge is 0.387 e. The molecule has 2 aliphatic rings. The number of carbonyl (C=O) groups is 2. The third-order valence-corrected chi connectivity index (χ3v) is 5.60. The van der Waals surface area contributed by atoms with Gasteiger partial charge in [-0.05, 0) is 49.9 Å². The Hall–Kier alpha value is -1.93. The number of benzene rings is 1. The number of ether oxygens (including phenoxy) is 1. The predicted molar refractivity (Wildman–Crippen MR) is 97.4 cm³/mol. The maximum Gasteiger partial charge on any atom is 0.387 e. The number of carboxylic acid groups (broad SMARTS) is 1. The van der Waals surface area contributed by atoms with Crippen LogP contribution in [0.15, 0.2) is 24.3 Å². The number of likely N-dealkylation sites (tertiary alicyclic amines) is 1. The lowest BCUT2D eigenvalue weighted by molar-refractivity contribution is -0.149. The second-order valence-corrected chi connectivity index (χ2v) is 7.05. The highest BCUT2D eigenvalue weighted by atomic mass is 35.5. The van der Waals surface area contributed by atoms with E-state index >= 15 is 0 Å². The molecule has 0 radical (unpaired) electrons. The van der Waals surface area contributed by atoms with Gasteiger partial charge in [-0.25, -0.2) is 0 Å². The molecular weight excluding hydrogens is 382 g/mol. The van der Waals surface area contributed by atoms with Crippen molar-refractivity contribution in [2.75, 3.05) is 18.4 Å². The Morgan fingerprint density at radius 2 is 2.00 bits per heavy atom. The van der Waals surface area contributed by atoms with Gasteiger partial charge in [0.2, 0.25) is 5.91 Å². The zero-order valence-electron chi connectivity index (χ0n) is 14.9. The van der Waals surface area contributed by atoms with Crippen LogP contribution in [0.2, 0.25) is 0 Å². The molecule has 2 N–H and O–H groups in total. The normalized spacial score (nSPS) is 25.6. The lowest BCUT2D eigenvalue weighted by Gasteiger charge is -2.26. The zero-order chi connectivity index (χ0) is 18.9. The second kappa shape index (κ2) is 8.39. The number of aliphatic carboxylic acids is 1. The minimum Gasteiger partial charge on any atom is -0.481 e. The number of hydrogen-bond acceptors (Lipinski definition) is 4. The van der Waals surface area contributed by atoms with E-state index in [2.05, 4.69) is 10.1 Å². The predicted octanol–water partition coefficient (Wildman–Crippen LogP) is 3.22. The molecule has 0 aromatic heterocycles. The minimum absolute atomic E-state index is 0. The molecule has 1 amide bonds. The van der Waals surface area contributed by atoms with Crippen LogP contribution in [0.25, 0.3) is 0 Å². The number of fused-ring (bicyclic) bond motifs is 1. The summed E-state index contributed by atoms with van der Waals surface area (Å²) in [5, 5.41) is 12.4. The fraction of sp³-hybridized carbons (Fsp3) is 0.556. The molecule has 0 spiro atoms. The lowest BCUT2D eigenvalue weighted by atomic mass is 9.81. The Labute approximate surface area is 162 Å². The lowest BCUT2D eigenvalue weighted by Crippen LogP contribution is -2.43. The summed E-state index contributed by atoms with van der Waals surface area (Å²) in [4.78, 5) is 26.2. The molecule has 1 aromatic rings. The summed E-state index contributed by atoms with van der Waals surface area (Å²) in [5.41, 5.74) is -0.265. The van der Waals surface area contributed by atoms with E-state index in [1.807, 2.05) is 4.90 Å². The maximum absolute atomic E-state index is 12.5. The molecule has 150 valence electrons. The van der Waals surface area contributed by atoms with Gasteiger partial charge in [-0.2, -0.15) is 8.78 Å². The van der Waals surface area contributed by atoms with E-state index < -0.39 is 24.0 Å². The van der Waals surface area contributed by atoms with Gasteiger partial charge in [0.15, 0.2) is 0 Å². The van der Waals surface area contributed by atoms with Crippen molar-refractivity contribution in [1.82, 2.24) is 4.90 Å². The zero-order valence-corrected chi connectivity index (χ0v) is 15.7. The van der Waals surface area contributed by atoms with E-state index in [-0.39, 0.29) is 30.0 Å². The van der Waals surface area contributed by atoms with Gasteiger partial charge < -0.3 is 15.2 Å². The van der Waals surface area contributed by atoms with Gasteiger partial charge in [0.05, 0.1) is 11.5 Å². The molecule has 1 aromatic carbocycles. The Morgan fingerprint density at radius 1 is 1.33 bits per heavy atom. The van der Waals surface area contributed by atoms with Crippen LogP contribution in [0.3, 0.4) is 0 Å². The monoisotopic (exact) mass is 404 g/mol. The van der Waals surface area contributed by atoms with E-state index in [0.29, 0.717) is 25.2 Å². The number of nitrogens with one attached hydrogen (secondary N) is 1. The van der Waals surface area contributed by atoms with Crippen LogP contribution >= 0.6 is 12.4 Å². The maximum atomic E-state index is 12.5. The molecule has 27 heavy (non-hydrogen) atoms. The number of carboxylic acids is 1. The summed E-state index contributed by atoms with van der Waals surface area (Å²) in [6.45, 7) is -0.169. The minimum atomic E-state index is -2.90. The number of anilines is 1. The van der Waals surface area contributed by atoms with Gasteiger partial charge in [-0.15, -0.1) is 12.4 Å². The van der Waals surface area contributed by atoms with E-state index in [1.54, 1.807) is 6.92 Å². The van der Waals surface area contributed by atoms with Crippen LogP contribution < -0.4 is 10.1 Å². The average molecular weight is 405 g/mol. The van der Waals surface area contributed by atoms with E-state index in [9.17, 15) is 23.5 Å². The number of amides is 1. The van der Waals surface area contributed by atoms with Crippen LogP contribution in [-0.4, -0.2) is 47.6 Å². The largest absolute Gasteiger partial charge is 0.481 e. The van der Waals surface area contributed by atoms with Crippen LogP contribution in [-0.2, 0) is 9.59 Å². The molecule has 3 atom stereocenters. The number of rotatable bonds is 6. The van der Waals surface area contributed by atoms with Crippen molar-refractivity contribution in [3.05, 3.63) is 24.3 Å². The quantitative estimate of drug-likeness (QED) is 0.761. The van der Waals surface area contributed by atoms with Gasteiger partial charge in [0.1, 0.15) is 5.75 Å². The average Bonchev–Trinajstić information content (AvgIpc) is 3.13. The van der Waals surface area contributed by atoms with Crippen molar-refractivity contribution in [3.63, 3.8) is 0 Å². The van der Waals surface area contributed by atoms with Gasteiger partial charge in [0, 0.05) is 18.8 Å². The Bertz CT molecular complexity index is 688. The van der Waals surface area contributed by atoms with Crippen molar-refractivity contribution in [2.24, 2.45) is 11.3 Å². The number of alkyl halides is 2. The standard InChI is InChI=1S/C18H22F2N2O4.ClH/c1-11(22-9-12-3-2-8-18(12,10-22)16(24)25)15(23)21-13-4-6-14(7-5-13)26-17(19)20;/h4-7,11-12,17H,2-3,8-10H2,1H3,(H,21,23)(H,24,25);1H/t11?,12-,18+;/m0./s1. The first kappa shape index (κ1) is 21.4. The first-order valence-corrected chi connectivity index (χ1v) is 8.65. The van der Waals surface area contributed by atoms with Crippen LogP contribution in [0.4, 0.5) is 14.5 Å². The first-order valence-electron chi connectivity index (χ1n) is 8.65. The summed E-state index contributed by atoms with van der Waals surface area (Å²) in [6.07, 6.45) is 2.45. The Balaban J connectivity index is 0.00000261. The fourth-order valence-electron chi connectivity index (χ4n) is 4.11. The summed E-state index contributed by atoms with van der Waals surface area (Å²) in [7, 11) is 0. The van der Waals surface area contributed by atoms with Crippen molar-refractivity contribution >= 4 is 30.0 Å². The van der Waals surface area contributed by atoms with Gasteiger partial charge in [0.25, 0.3) is 0 Å². The van der Waals surface area contributed by atoms with Crippen LogP contribution in [0, 0.1) is 11.3 Å². The van der Waals surface area contributed by atoms with Gasteiger partial charge >= 0.3 is 12.6 Å². The van der Waals surface area contributed by atoms with Crippen molar-refractivity contribution in [1.29, 1.82) is 0 Å². The topological polar surface area (TPSA) is 78.9 Å². The summed E-state index contributed by atoms with van der Waals surface area (Å²) < 4.78 is 28.6. The molecule has 1 aliphatic carbocycles. The van der Waals surface area contributed by atoms with Crippen molar-refractivity contribution in [2.45, 2.75) is 38.8 Å². The molecule has 1 heterocycles. The van der Waals surface area contributed by atoms with E-state index in [0.717, 1.165) is 12.8 Å². The van der Waals surface area contributed by atoms with Crippen molar-refractivity contribution < 1.29 is 28.2 Å². The highest BCUT2D eigenvalue weighted by Gasteiger charge is 2.55. The molecule has 1 unspecified atom stereocenters. The number of hydrogen-bond donors (Lipinski definition) is 2. The van der Waals surface area contributed by atoms with Gasteiger partial charge in [-0.1, -0.05) is 6.42 Å². The molecule has 2 fully saturated rings. The molecule has 6 nitrogen and oxygen atoms in total. The van der Waals surface area contributed by atoms with Gasteiger partial charge in [-0.3, -0.25) is 14.5 Å². The second-order valence-electron chi connectivity index (χ2n) is 7.05. The SMILES string of the molecule is CC(C(=O)Nc1ccc(OC(F)F)cc1)N1C[C@@H]2CCC[C@@]2(C(=O)O)C1.Cl. The first-order chi connectivity index (χ1) is 12.3. The Kier molecular flexibility index (Phi) is 6.64. The summed E-state index contributed by atoms with van der Waals surface area (Å²) in [5.74, 6) is -0.930. The summed E-state index contributed by atoms with van der Waals surface area (Å²) >= 11 is 0. The van der Waals surface area contributed by atoms with Crippen molar-refractivity contribution in [3.8, 4) is 5.75 Å². The van der Waals surface area contributed by atoms with E-state index in [1.165, 1.54) is 24.3 Å². The van der Waals surface area contributed by atoms with Crippen LogP contribution in [0.1, 0.15) is 26.2 Å². The summed E-state index contributed by atoms with van der Waals surface area (Å²) in [6, 6.07) is 5.20. The Morgan fingerprint density at radius 3 is 2.56 bits per heavy atom. The number of halogens is 3. The molecule has 1 saturated carbocycles. The van der Waals surface area contributed by atoms with E-state index in [4.69, 9.17) is 0 Å². The molecule has 9 heteroatoms.